The molecule has 4 nitrogen and oxygen atoms in total. The number of unbranched alkanes of at least 4 members (excludes halogenated alkanes) is 2. The number of amides is 1. The molecule has 4 heteroatoms. The third kappa shape index (κ3) is 7.34. The van der Waals surface area contributed by atoms with Crippen molar-refractivity contribution in [3.05, 3.63) is 0 Å². The molecule has 0 rings (SSSR count). The maximum absolute atomic E-state index is 11.9. The summed E-state index contributed by atoms with van der Waals surface area (Å²) in [4.78, 5) is 14.1. The van der Waals surface area contributed by atoms with Crippen molar-refractivity contribution in [1.29, 1.82) is 0 Å². The fourth-order valence-corrected chi connectivity index (χ4v) is 1.85. The summed E-state index contributed by atoms with van der Waals surface area (Å²) in [6, 6.07) is -0.0693. The summed E-state index contributed by atoms with van der Waals surface area (Å²) < 4.78 is 0. The first-order valence-corrected chi connectivity index (χ1v) is 6.89. The van der Waals surface area contributed by atoms with E-state index in [1.54, 1.807) is 0 Å². The second-order valence-electron chi connectivity index (χ2n) is 4.50. The molecule has 0 aliphatic carbocycles. The van der Waals surface area contributed by atoms with E-state index in [1.807, 2.05) is 6.92 Å². The molecule has 0 aliphatic rings. The molecule has 0 saturated carbocycles. The van der Waals surface area contributed by atoms with Gasteiger partial charge in [0.25, 0.3) is 0 Å². The summed E-state index contributed by atoms with van der Waals surface area (Å²) in [7, 11) is 0. The lowest BCUT2D eigenvalue weighted by molar-refractivity contribution is -0.125. The van der Waals surface area contributed by atoms with E-state index >= 15 is 0 Å². The van der Waals surface area contributed by atoms with Gasteiger partial charge in [0, 0.05) is 19.6 Å². The molecular weight excluding hydrogens is 214 g/mol. The van der Waals surface area contributed by atoms with Crippen LogP contribution in [0, 0.1) is 0 Å². The third-order valence-electron chi connectivity index (χ3n) is 2.93. The lowest BCUT2D eigenvalue weighted by Gasteiger charge is -2.27. The lowest BCUT2D eigenvalue weighted by atomic mass is 10.2. The van der Waals surface area contributed by atoms with Gasteiger partial charge in [-0.3, -0.25) is 9.69 Å². The van der Waals surface area contributed by atoms with E-state index in [9.17, 15) is 4.79 Å². The Morgan fingerprint density at radius 2 is 1.94 bits per heavy atom. The van der Waals surface area contributed by atoms with Crippen molar-refractivity contribution in [2.24, 2.45) is 5.73 Å². The van der Waals surface area contributed by atoms with Gasteiger partial charge in [-0.25, -0.2) is 0 Å². The number of nitrogens with zero attached hydrogens (tertiary/aromatic N) is 1. The molecule has 3 N–H and O–H groups in total. The van der Waals surface area contributed by atoms with Gasteiger partial charge in [-0.15, -0.1) is 0 Å². The minimum Gasteiger partial charge on any atom is -0.355 e. The molecule has 0 aromatic rings. The topological polar surface area (TPSA) is 58.4 Å². The van der Waals surface area contributed by atoms with E-state index in [4.69, 9.17) is 5.73 Å². The average molecular weight is 243 g/mol. The van der Waals surface area contributed by atoms with Crippen LogP contribution in [0.2, 0.25) is 0 Å². The molecule has 0 aromatic heterocycles. The van der Waals surface area contributed by atoms with Crippen molar-refractivity contribution < 1.29 is 4.79 Å². The summed E-state index contributed by atoms with van der Waals surface area (Å²) >= 11 is 0. The fraction of sp³-hybridized carbons (Fsp3) is 0.923. The van der Waals surface area contributed by atoms with Gasteiger partial charge in [-0.05, 0) is 26.3 Å². The summed E-state index contributed by atoms with van der Waals surface area (Å²) in [6.45, 7) is 9.36. The van der Waals surface area contributed by atoms with Crippen molar-refractivity contribution in [3.8, 4) is 0 Å². The van der Waals surface area contributed by atoms with Gasteiger partial charge in [-0.1, -0.05) is 26.7 Å². The van der Waals surface area contributed by atoms with Crippen molar-refractivity contribution in [2.45, 2.75) is 52.5 Å². The number of carbonyl (C=O) groups excluding carboxylic acids is 1. The first-order valence-electron chi connectivity index (χ1n) is 6.89. The molecular formula is C13H29N3O. The Bertz CT molecular complexity index is 191. The molecule has 0 saturated heterocycles. The highest BCUT2D eigenvalue weighted by Crippen LogP contribution is 2.00. The number of nitrogens with one attached hydrogen (secondary N) is 1. The Hall–Kier alpha value is -0.610. The van der Waals surface area contributed by atoms with Gasteiger partial charge in [0.05, 0.1) is 6.04 Å². The van der Waals surface area contributed by atoms with Gasteiger partial charge >= 0.3 is 0 Å². The van der Waals surface area contributed by atoms with E-state index in [0.29, 0.717) is 6.54 Å². The molecule has 0 spiro atoms. The predicted octanol–water partition coefficient (Wildman–Crippen LogP) is 1.35. The summed E-state index contributed by atoms with van der Waals surface area (Å²) in [5, 5.41) is 2.99. The lowest BCUT2D eigenvalue weighted by Crippen LogP contribution is -2.47. The zero-order valence-electron chi connectivity index (χ0n) is 11.7. The molecule has 17 heavy (non-hydrogen) atoms. The quantitative estimate of drug-likeness (QED) is 0.569. The molecule has 0 bridgehead atoms. The maximum Gasteiger partial charge on any atom is 0.237 e. The van der Waals surface area contributed by atoms with Crippen LogP contribution in [0.5, 0.6) is 0 Å². The SMILES string of the molecule is CCCCCNC(=O)C(C)N(CCC)CCN. The number of carbonyl (C=O) groups is 1. The minimum atomic E-state index is -0.0693. The monoisotopic (exact) mass is 243 g/mol. The second-order valence-corrected chi connectivity index (χ2v) is 4.50. The molecule has 0 aromatic carbocycles. The highest BCUT2D eigenvalue weighted by atomic mass is 16.2. The van der Waals surface area contributed by atoms with Crippen molar-refractivity contribution in [2.75, 3.05) is 26.2 Å². The molecule has 1 unspecified atom stereocenters. The first kappa shape index (κ1) is 16.4. The van der Waals surface area contributed by atoms with Gasteiger partial charge in [0.15, 0.2) is 0 Å². The average Bonchev–Trinajstić information content (AvgIpc) is 2.33. The Morgan fingerprint density at radius 1 is 1.24 bits per heavy atom. The Balaban J connectivity index is 3.97. The summed E-state index contributed by atoms with van der Waals surface area (Å²) in [5.41, 5.74) is 5.56. The van der Waals surface area contributed by atoms with Crippen molar-refractivity contribution >= 4 is 5.91 Å². The van der Waals surface area contributed by atoms with E-state index in [2.05, 4.69) is 24.1 Å². The van der Waals surface area contributed by atoms with Crippen LogP contribution < -0.4 is 11.1 Å². The van der Waals surface area contributed by atoms with Crippen LogP contribution >= 0.6 is 0 Å². The summed E-state index contributed by atoms with van der Waals surface area (Å²) in [5.74, 6) is 0.128. The Morgan fingerprint density at radius 3 is 2.47 bits per heavy atom. The highest BCUT2D eigenvalue weighted by Gasteiger charge is 2.19. The van der Waals surface area contributed by atoms with Crippen LogP contribution in [0.4, 0.5) is 0 Å². The standard InChI is InChI=1S/C13H29N3O/c1-4-6-7-9-15-13(17)12(3)16(10-5-2)11-8-14/h12H,4-11,14H2,1-3H3,(H,15,17). The number of nitrogens with two attached hydrogens (primary N) is 1. The summed E-state index contributed by atoms with van der Waals surface area (Å²) in [6.07, 6.45) is 4.48. The van der Waals surface area contributed by atoms with E-state index in [-0.39, 0.29) is 11.9 Å². The van der Waals surface area contributed by atoms with Crippen LogP contribution in [-0.2, 0) is 4.79 Å². The van der Waals surface area contributed by atoms with Crippen LogP contribution in [0.1, 0.15) is 46.5 Å². The van der Waals surface area contributed by atoms with E-state index in [1.165, 1.54) is 12.8 Å². The Kier molecular flexibility index (Phi) is 10.2. The fourth-order valence-electron chi connectivity index (χ4n) is 1.85. The smallest absolute Gasteiger partial charge is 0.237 e. The van der Waals surface area contributed by atoms with E-state index < -0.39 is 0 Å². The second kappa shape index (κ2) is 10.5. The molecule has 0 radical (unpaired) electrons. The van der Waals surface area contributed by atoms with E-state index in [0.717, 1.165) is 32.5 Å². The first-order chi connectivity index (χ1) is 8.17. The Labute approximate surface area is 106 Å². The molecule has 102 valence electrons. The molecule has 0 heterocycles. The number of hydrogen-bond donors (Lipinski definition) is 2. The zero-order chi connectivity index (χ0) is 13.1. The van der Waals surface area contributed by atoms with Crippen molar-refractivity contribution in [3.63, 3.8) is 0 Å². The third-order valence-corrected chi connectivity index (χ3v) is 2.93. The zero-order valence-corrected chi connectivity index (χ0v) is 11.7. The van der Waals surface area contributed by atoms with Crippen LogP contribution in [0.15, 0.2) is 0 Å². The van der Waals surface area contributed by atoms with Gasteiger partial charge in [0.1, 0.15) is 0 Å². The number of hydrogen-bond acceptors (Lipinski definition) is 3. The maximum atomic E-state index is 11.9. The molecule has 1 atom stereocenters. The predicted molar refractivity (Wildman–Crippen MR) is 72.9 cm³/mol. The van der Waals surface area contributed by atoms with Crippen LogP contribution in [0.25, 0.3) is 0 Å². The molecule has 1 amide bonds. The normalized spacial score (nSPS) is 12.8. The minimum absolute atomic E-state index is 0.0693. The van der Waals surface area contributed by atoms with Gasteiger partial charge in [-0.2, -0.15) is 0 Å². The van der Waals surface area contributed by atoms with Gasteiger partial charge < -0.3 is 11.1 Å². The molecule has 0 aliphatic heterocycles. The number of rotatable bonds is 10. The largest absolute Gasteiger partial charge is 0.355 e. The van der Waals surface area contributed by atoms with Crippen molar-refractivity contribution in [1.82, 2.24) is 10.2 Å². The van der Waals surface area contributed by atoms with Crippen LogP contribution in [0.3, 0.4) is 0 Å². The van der Waals surface area contributed by atoms with Crippen LogP contribution in [-0.4, -0.2) is 43.0 Å². The molecule has 0 fully saturated rings. The van der Waals surface area contributed by atoms with Gasteiger partial charge in [0.2, 0.25) is 5.91 Å². The highest BCUT2D eigenvalue weighted by molar-refractivity contribution is 5.81.